The number of nitrogens with one attached hydrogen (secondary N) is 1. The monoisotopic (exact) mass is 471 g/mol. The molecule has 5 aromatic carbocycles. The van der Waals surface area contributed by atoms with Crippen LogP contribution in [0.5, 0.6) is 0 Å². The maximum atomic E-state index is 3.66. The van der Waals surface area contributed by atoms with Gasteiger partial charge in [0.25, 0.3) is 0 Å². The quantitative estimate of drug-likeness (QED) is 0.154. The molecule has 0 atom stereocenters. The van der Waals surface area contributed by atoms with Gasteiger partial charge in [0.1, 0.15) is 0 Å². The van der Waals surface area contributed by atoms with Crippen molar-refractivity contribution < 1.29 is 4.57 Å². The number of hydrogen-bond donors (Lipinski definition) is 1. The van der Waals surface area contributed by atoms with Crippen LogP contribution in [0.1, 0.15) is 33.3 Å². The van der Waals surface area contributed by atoms with Crippen molar-refractivity contribution in [2.24, 2.45) is 0 Å². The highest BCUT2D eigenvalue weighted by Crippen LogP contribution is 2.34. The third-order valence-corrected chi connectivity index (χ3v) is 6.10. The second-order valence-electron chi connectivity index (χ2n) is 8.27. The zero-order valence-corrected chi connectivity index (χ0v) is 21.9. The average molecular weight is 472 g/mol. The standard InChI is InChI=1S/C30H22N2.2C2H6/c1-21-16-17-22-19-27-25-14-8-9-15-26(25)28(31-23-10-4-2-5-11-23)20-30(27)32(29(22)18-21)24-12-6-3-7-13-24;2*1-2/h2-20H,1H3;2*1-2H3/p+1. The van der Waals surface area contributed by atoms with Gasteiger partial charge in [-0.3, -0.25) is 0 Å². The highest BCUT2D eigenvalue weighted by atomic mass is 15.0. The van der Waals surface area contributed by atoms with Gasteiger partial charge in [-0.25, -0.2) is 0 Å². The number of fused-ring (bicyclic) bond motifs is 4. The number of benzene rings is 5. The van der Waals surface area contributed by atoms with Crippen molar-refractivity contribution in [1.82, 2.24) is 0 Å². The van der Waals surface area contributed by atoms with Crippen LogP contribution in [0.3, 0.4) is 0 Å². The fraction of sp³-hybridized carbons (Fsp3) is 0.147. The minimum atomic E-state index is 1.08. The molecule has 2 nitrogen and oxygen atoms in total. The van der Waals surface area contributed by atoms with Crippen molar-refractivity contribution in [3.63, 3.8) is 0 Å². The molecule has 2 heteroatoms. The summed E-state index contributed by atoms with van der Waals surface area (Å²) in [5.41, 5.74) is 7.01. The summed E-state index contributed by atoms with van der Waals surface area (Å²) in [4.78, 5) is 0. The molecule has 0 aliphatic carbocycles. The Morgan fingerprint density at radius 2 is 1.14 bits per heavy atom. The van der Waals surface area contributed by atoms with Gasteiger partial charge < -0.3 is 5.32 Å². The molecule has 36 heavy (non-hydrogen) atoms. The highest BCUT2D eigenvalue weighted by molar-refractivity contribution is 6.13. The van der Waals surface area contributed by atoms with Gasteiger partial charge in [-0.15, -0.1) is 0 Å². The molecule has 6 rings (SSSR count). The molecule has 0 amide bonds. The Labute approximate surface area is 214 Å². The topological polar surface area (TPSA) is 15.9 Å². The molecular weight excluding hydrogens is 436 g/mol. The van der Waals surface area contributed by atoms with Crippen LogP contribution in [-0.2, 0) is 0 Å². The number of anilines is 2. The van der Waals surface area contributed by atoms with E-state index in [2.05, 4.69) is 126 Å². The lowest BCUT2D eigenvalue weighted by atomic mass is 10.00. The number of aromatic nitrogens is 1. The number of hydrogen-bond acceptors (Lipinski definition) is 1. The number of aryl methyl sites for hydroxylation is 1. The minimum absolute atomic E-state index is 1.08. The Kier molecular flexibility index (Phi) is 7.97. The molecule has 0 saturated carbocycles. The predicted molar refractivity (Wildman–Crippen MR) is 158 cm³/mol. The van der Waals surface area contributed by atoms with E-state index in [1.807, 2.05) is 33.8 Å². The summed E-state index contributed by atoms with van der Waals surface area (Å²) in [6.45, 7) is 10.2. The lowest BCUT2D eigenvalue weighted by Crippen LogP contribution is -2.32. The summed E-state index contributed by atoms with van der Waals surface area (Å²) in [6, 6.07) is 41.0. The van der Waals surface area contributed by atoms with Crippen LogP contribution in [0.15, 0.2) is 115 Å². The molecular formula is C34H35N2+. The highest BCUT2D eigenvalue weighted by Gasteiger charge is 2.21. The summed E-state index contributed by atoms with van der Waals surface area (Å²) in [6.07, 6.45) is 0. The molecule has 1 N–H and O–H groups in total. The van der Waals surface area contributed by atoms with Crippen LogP contribution < -0.4 is 9.88 Å². The lowest BCUT2D eigenvalue weighted by Gasteiger charge is -2.13. The third-order valence-electron chi connectivity index (χ3n) is 6.10. The largest absolute Gasteiger partial charge is 0.355 e. The SMILES string of the molecule is CC.CC.Cc1ccc2cc3c4ccccc4c(Nc4ccccc4)cc3[n+](-c3ccccc3)c2c1. The Morgan fingerprint density at radius 1 is 0.528 bits per heavy atom. The first-order chi connectivity index (χ1) is 17.8. The van der Waals surface area contributed by atoms with Crippen LogP contribution in [-0.4, -0.2) is 0 Å². The van der Waals surface area contributed by atoms with Crippen LogP contribution in [0.25, 0.3) is 38.3 Å². The van der Waals surface area contributed by atoms with Gasteiger partial charge in [0.05, 0.1) is 11.1 Å². The van der Waals surface area contributed by atoms with Gasteiger partial charge in [-0.05, 0) is 42.1 Å². The second-order valence-corrected chi connectivity index (χ2v) is 8.27. The molecule has 0 unspecified atom stereocenters. The maximum absolute atomic E-state index is 3.66. The van der Waals surface area contributed by atoms with E-state index < -0.39 is 0 Å². The number of rotatable bonds is 3. The summed E-state index contributed by atoms with van der Waals surface area (Å²) >= 11 is 0. The van der Waals surface area contributed by atoms with E-state index in [1.54, 1.807) is 0 Å². The third kappa shape index (κ3) is 4.81. The second kappa shape index (κ2) is 11.5. The van der Waals surface area contributed by atoms with E-state index in [0.29, 0.717) is 0 Å². The van der Waals surface area contributed by atoms with Gasteiger partial charge >= 0.3 is 0 Å². The molecule has 0 spiro atoms. The van der Waals surface area contributed by atoms with Gasteiger partial charge in [-0.2, -0.15) is 4.57 Å². The molecule has 0 aliphatic heterocycles. The lowest BCUT2D eigenvalue weighted by molar-refractivity contribution is -0.537. The first kappa shape index (κ1) is 24.9. The summed E-state index contributed by atoms with van der Waals surface area (Å²) in [5, 5.41) is 8.61. The molecule has 6 aromatic rings. The number of para-hydroxylation sites is 2. The smallest absolute Gasteiger partial charge is 0.221 e. The van der Waals surface area contributed by atoms with E-state index in [1.165, 1.54) is 38.1 Å². The first-order valence-corrected chi connectivity index (χ1v) is 13.0. The van der Waals surface area contributed by atoms with E-state index >= 15 is 0 Å². The zero-order valence-electron chi connectivity index (χ0n) is 21.9. The van der Waals surface area contributed by atoms with Crippen LogP contribution in [0, 0.1) is 6.92 Å². The van der Waals surface area contributed by atoms with Gasteiger partial charge in [0, 0.05) is 40.7 Å². The Hall–Kier alpha value is -4.17. The number of nitrogens with zero attached hydrogens (tertiary/aromatic N) is 1. The van der Waals surface area contributed by atoms with Crippen molar-refractivity contribution in [3.05, 3.63) is 121 Å². The Bertz CT molecular complexity index is 1590. The summed E-state index contributed by atoms with van der Waals surface area (Å²) in [7, 11) is 0. The molecule has 0 fully saturated rings. The molecule has 1 heterocycles. The fourth-order valence-corrected chi connectivity index (χ4v) is 4.61. The first-order valence-electron chi connectivity index (χ1n) is 13.0. The van der Waals surface area contributed by atoms with Crippen molar-refractivity contribution in [1.29, 1.82) is 0 Å². The van der Waals surface area contributed by atoms with Crippen LogP contribution in [0.2, 0.25) is 0 Å². The average Bonchev–Trinajstić information content (AvgIpc) is 2.95. The Morgan fingerprint density at radius 3 is 1.83 bits per heavy atom. The zero-order chi connectivity index (χ0) is 25.5. The van der Waals surface area contributed by atoms with E-state index in [0.717, 1.165) is 17.1 Å². The van der Waals surface area contributed by atoms with E-state index in [-0.39, 0.29) is 0 Å². The van der Waals surface area contributed by atoms with Gasteiger partial charge in [-0.1, -0.05) is 94.4 Å². The molecule has 0 bridgehead atoms. The molecule has 0 saturated heterocycles. The van der Waals surface area contributed by atoms with Crippen molar-refractivity contribution in [3.8, 4) is 5.69 Å². The fourth-order valence-electron chi connectivity index (χ4n) is 4.61. The van der Waals surface area contributed by atoms with E-state index in [4.69, 9.17) is 0 Å². The van der Waals surface area contributed by atoms with Crippen LogP contribution in [0.4, 0.5) is 11.4 Å². The van der Waals surface area contributed by atoms with E-state index in [9.17, 15) is 0 Å². The molecule has 0 radical (unpaired) electrons. The molecule has 180 valence electrons. The molecule has 0 aliphatic rings. The summed E-state index contributed by atoms with van der Waals surface area (Å²) < 4.78 is 2.39. The normalized spacial score (nSPS) is 10.4. The number of pyridine rings is 1. The van der Waals surface area contributed by atoms with Crippen LogP contribution >= 0.6 is 0 Å². The maximum Gasteiger partial charge on any atom is 0.221 e. The molecule has 1 aromatic heterocycles. The summed E-state index contributed by atoms with van der Waals surface area (Å²) in [5.74, 6) is 0. The minimum Gasteiger partial charge on any atom is -0.355 e. The van der Waals surface area contributed by atoms with Crippen molar-refractivity contribution in [2.75, 3.05) is 5.32 Å². The Balaban J connectivity index is 0.000000726. The van der Waals surface area contributed by atoms with Gasteiger partial charge in [0.2, 0.25) is 16.7 Å². The predicted octanol–water partition coefficient (Wildman–Crippen LogP) is 9.53. The van der Waals surface area contributed by atoms with Crippen molar-refractivity contribution in [2.45, 2.75) is 34.6 Å². The van der Waals surface area contributed by atoms with Crippen molar-refractivity contribution >= 4 is 44.0 Å². The van der Waals surface area contributed by atoms with Gasteiger partial charge in [0.15, 0.2) is 0 Å².